The molecule has 0 bridgehead atoms. The Balaban J connectivity index is 2.08. The predicted molar refractivity (Wildman–Crippen MR) is 68.7 cm³/mol. The molecule has 1 aromatic heterocycles. The van der Waals surface area contributed by atoms with Crippen LogP contribution in [0.25, 0.3) is 0 Å². The second-order valence-electron chi connectivity index (χ2n) is 4.69. The Morgan fingerprint density at radius 2 is 1.94 bits per heavy atom. The molecule has 0 radical (unpaired) electrons. The number of rotatable bonds is 3. The quantitative estimate of drug-likeness (QED) is 0.897. The van der Waals surface area contributed by atoms with Crippen molar-refractivity contribution in [1.29, 1.82) is 0 Å². The van der Waals surface area contributed by atoms with Crippen LogP contribution in [-0.4, -0.2) is 15.6 Å². The Kier molecular flexibility index (Phi) is 2.67. The van der Waals surface area contributed by atoms with Gasteiger partial charge in [0.2, 0.25) is 0 Å². The molecule has 0 amide bonds. The summed E-state index contributed by atoms with van der Waals surface area (Å²) >= 11 is 0. The third kappa shape index (κ3) is 1.72. The van der Waals surface area contributed by atoms with Crippen molar-refractivity contribution in [2.45, 2.75) is 25.3 Å². The first-order valence-corrected chi connectivity index (χ1v) is 6.23. The van der Waals surface area contributed by atoms with E-state index in [-0.39, 0.29) is 0 Å². The van der Waals surface area contributed by atoms with Gasteiger partial charge in [-0.3, -0.25) is 4.79 Å². The molecule has 3 nitrogen and oxygen atoms in total. The van der Waals surface area contributed by atoms with Crippen LogP contribution in [0.2, 0.25) is 0 Å². The molecule has 2 aromatic rings. The van der Waals surface area contributed by atoms with Crippen molar-refractivity contribution in [3.05, 3.63) is 59.4 Å². The summed E-state index contributed by atoms with van der Waals surface area (Å²) < 4.78 is 2.16. The molecule has 0 saturated carbocycles. The molecule has 1 aromatic carbocycles. The van der Waals surface area contributed by atoms with Gasteiger partial charge >= 0.3 is 5.97 Å². The van der Waals surface area contributed by atoms with Gasteiger partial charge in [-0.05, 0) is 30.5 Å². The zero-order valence-electron chi connectivity index (χ0n) is 10.0. The molecule has 3 rings (SSSR count). The SMILES string of the molecule is O=C(O)C(c1ccccc1)c1ccc2n1CCC2. The fourth-order valence-electron chi connectivity index (χ4n) is 2.77. The molecule has 1 aliphatic heterocycles. The van der Waals surface area contributed by atoms with Gasteiger partial charge in [-0.15, -0.1) is 0 Å². The lowest BCUT2D eigenvalue weighted by Gasteiger charge is -2.15. The van der Waals surface area contributed by atoms with E-state index in [1.54, 1.807) is 0 Å². The third-order valence-corrected chi connectivity index (χ3v) is 3.60. The zero-order valence-corrected chi connectivity index (χ0v) is 10.0. The molecule has 0 fully saturated rings. The number of carboxylic acid groups (broad SMARTS) is 1. The maximum absolute atomic E-state index is 11.6. The molecule has 0 aliphatic carbocycles. The highest BCUT2D eigenvalue weighted by Crippen LogP contribution is 2.29. The molecule has 1 aliphatic rings. The highest BCUT2D eigenvalue weighted by Gasteiger charge is 2.27. The standard InChI is InChI=1S/C15H15NO2/c17-15(18)14(11-5-2-1-3-6-11)13-9-8-12-7-4-10-16(12)13/h1-3,5-6,8-9,14H,4,7,10H2,(H,17,18). The highest BCUT2D eigenvalue weighted by molar-refractivity contribution is 5.80. The van der Waals surface area contributed by atoms with Crippen LogP contribution in [0, 0.1) is 0 Å². The molecular weight excluding hydrogens is 226 g/mol. The van der Waals surface area contributed by atoms with Crippen LogP contribution in [-0.2, 0) is 17.8 Å². The molecule has 1 atom stereocenters. The molecule has 18 heavy (non-hydrogen) atoms. The zero-order chi connectivity index (χ0) is 12.5. The van der Waals surface area contributed by atoms with Crippen molar-refractivity contribution >= 4 is 5.97 Å². The number of carbonyl (C=O) groups is 1. The Bertz CT molecular complexity index is 571. The van der Waals surface area contributed by atoms with E-state index in [0.717, 1.165) is 30.6 Å². The van der Waals surface area contributed by atoms with Crippen LogP contribution >= 0.6 is 0 Å². The number of hydrogen-bond donors (Lipinski definition) is 1. The Morgan fingerprint density at radius 1 is 1.17 bits per heavy atom. The highest BCUT2D eigenvalue weighted by atomic mass is 16.4. The number of aromatic nitrogens is 1. The molecule has 92 valence electrons. The lowest BCUT2D eigenvalue weighted by atomic mass is 9.96. The number of aryl methyl sites for hydroxylation is 1. The van der Waals surface area contributed by atoms with E-state index in [9.17, 15) is 9.90 Å². The second-order valence-corrected chi connectivity index (χ2v) is 4.69. The van der Waals surface area contributed by atoms with Gasteiger partial charge in [0, 0.05) is 17.9 Å². The normalized spacial score (nSPS) is 15.3. The Labute approximate surface area is 106 Å². The lowest BCUT2D eigenvalue weighted by Crippen LogP contribution is -2.16. The maximum atomic E-state index is 11.6. The first-order valence-electron chi connectivity index (χ1n) is 6.23. The summed E-state index contributed by atoms with van der Waals surface area (Å²) in [5.74, 6) is -1.34. The summed E-state index contributed by atoms with van der Waals surface area (Å²) in [5.41, 5.74) is 3.01. The van der Waals surface area contributed by atoms with Crippen LogP contribution in [0.15, 0.2) is 42.5 Å². The van der Waals surface area contributed by atoms with E-state index in [0.29, 0.717) is 0 Å². The molecule has 3 heteroatoms. The average Bonchev–Trinajstić information content (AvgIpc) is 2.95. The second kappa shape index (κ2) is 4.33. The van der Waals surface area contributed by atoms with E-state index in [4.69, 9.17) is 0 Å². The van der Waals surface area contributed by atoms with E-state index in [2.05, 4.69) is 10.6 Å². The average molecular weight is 241 g/mol. The molecule has 0 spiro atoms. The summed E-state index contributed by atoms with van der Waals surface area (Å²) in [6.45, 7) is 0.939. The smallest absolute Gasteiger partial charge is 0.317 e. The van der Waals surface area contributed by atoms with Gasteiger partial charge in [-0.25, -0.2) is 0 Å². The molecular formula is C15H15NO2. The summed E-state index contributed by atoms with van der Waals surface area (Å²) in [6, 6.07) is 13.5. The molecule has 1 N–H and O–H groups in total. The Morgan fingerprint density at radius 3 is 2.67 bits per heavy atom. The van der Waals surface area contributed by atoms with Crippen molar-refractivity contribution in [3.63, 3.8) is 0 Å². The van der Waals surface area contributed by atoms with E-state index in [1.165, 1.54) is 5.69 Å². The first kappa shape index (κ1) is 11.1. The number of carboxylic acids is 1. The van der Waals surface area contributed by atoms with Gasteiger partial charge in [0.25, 0.3) is 0 Å². The predicted octanol–water partition coefficient (Wildman–Crippen LogP) is 2.65. The van der Waals surface area contributed by atoms with Crippen molar-refractivity contribution in [2.24, 2.45) is 0 Å². The van der Waals surface area contributed by atoms with Gasteiger partial charge in [0.1, 0.15) is 5.92 Å². The number of aliphatic carboxylic acids is 1. The lowest BCUT2D eigenvalue weighted by molar-refractivity contribution is -0.137. The van der Waals surface area contributed by atoms with E-state index >= 15 is 0 Å². The van der Waals surface area contributed by atoms with Crippen LogP contribution in [0.3, 0.4) is 0 Å². The van der Waals surface area contributed by atoms with Crippen LogP contribution in [0.5, 0.6) is 0 Å². The summed E-state index contributed by atoms with van der Waals surface area (Å²) in [5, 5.41) is 9.52. The number of nitrogens with zero attached hydrogens (tertiary/aromatic N) is 1. The summed E-state index contributed by atoms with van der Waals surface area (Å²) in [7, 11) is 0. The number of benzene rings is 1. The van der Waals surface area contributed by atoms with Crippen LogP contribution < -0.4 is 0 Å². The Hall–Kier alpha value is -2.03. The van der Waals surface area contributed by atoms with Gasteiger partial charge < -0.3 is 9.67 Å². The van der Waals surface area contributed by atoms with E-state index in [1.807, 2.05) is 36.4 Å². The minimum atomic E-state index is -0.783. The van der Waals surface area contributed by atoms with Crippen molar-refractivity contribution in [2.75, 3.05) is 0 Å². The van der Waals surface area contributed by atoms with Crippen molar-refractivity contribution in [3.8, 4) is 0 Å². The monoisotopic (exact) mass is 241 g/mol. The topological polar surface area (TPSA) is 42.2 Å². The van der Waals surface area contributed by atoms with Gasteiger partial charge in [-0.2, -0.15) is 0 Å². The maximum Gasteiger partial charge on any atom is 0.317 e. The first-order chi connectivity index (χ1) is 8.77. The van der Waals surface area contributed by atoms with Gasteiger partial charge in [0.05, 0.1) is 0 Å². The third-order valence-electron chi connectivity index (χ3n) is 3.60. The summed E-state index contributed by atoms with van der Waals surface area (Å²) in [4.78, 5) is 11.6. The van der Waals surface area contributed by atoms with E-state index < -0.39 is 11.9 Å². The van der Waals surface area contributed by atoms with Crippen molar-refractivity contribution in [1.82, 2.24) is 4.57 Å². The summed E-state index contributed by atoms with van der Waals surface area (Å²) in [6.07, 6.45) is 2.17. The van der Waals surface area contributed by atoms with Crippen LogP contribution in [0.4, 0.5) is 0 Å². The number of fused-ring (bicyclic) bond motifs is 1. The molecule has 0 saturated heterocycles. The van der Waals surface area contributed by atoms with Crippen LogP contribution in [0.1, 0.15) is 29.3 Å². The number of hydrogen-bond acceptors (Lipinski definition) is 1. The van der Waals surface area contributed by atoms with Gasteiger partial charge in [-0.1, -0.05) is 30.3 Å². The fourth-order valence-corrected chi connectivity index (χ4v) is 2.77. The minimum absolute atomic E-state index is 0.557. The largest absolute Gasteiger partial charge is 0.480 e. The van der Waals surface area contributed by atoms with Crippen molar-refractivity contribution < 1.29 is 9.90 Å². The van der Waals surface area contributed by atoms with Gasteiger partial charge in [0.15, 0.2) is 0 Å². The fraction of sp³-hybridized carbons (Fsp3) is 0.267. The minimum Gasteiger partial charge on any atom is -0.480 e. The molecule has 2 heterocycles. The molecule has 1 unspecified atom stereocenters.